The molecule has 3 rings (SSSR count). The van der Waals surface area contributed by atoms with Crippen molar-refractivity contribution in [2.24, 2.45) is 5.92 Å². The van der Waals surface area contributed by atoms with Gasteiger partial charge in [-0.15, -0.1) is 0 Å². The number of unbranched alkanes of at least 4 members (excludes halogenated alkanes) is 1. The summed E-state index contributed by atoms with van der Waals surface area (Å²) in [5, 5.41) is 3.01. The van der Waals surface area contributed by atoms with Gasteiger partial charge in [0.25, 0.3) is 0 Å². The van der Waals surface area contributed by atoms with Crippen molar-refractivity contribution in [1.82, 2.24) is 4.90 Å². The Balaban J connectivity index is 1.39. The van der Waals surface area contributed by atoms with Crippen LogP contribution in [0, 0.1) is 12.8 Å². The lowest BCUT2D eigenvalue weighted by Crippen LogP contribution is -2.33. The number of rotatable bonds is 9. The Kier molecular flexibility index (Phi) is 8.42. The summed E-state index contributed by atoms with van der Waals surface area (Å²) < 4.78 is 0. The van der Waals surface area contributed by atoms with Gasteiger partial charge in [0.2, 0.25) is 5.91 Å². The molecule has 0 unspecified atom stereocenters. The lowest BCUT2D eigenvalue weighted by atomic mass is 9.89. The van der Waals surface area contributed by atoms with Crippen LogP contribution in [0.15, 0.2) is 48.5 Å². The Morgan fingerprint density at radius 1 is 1.03 bits per heavy atom. The topological polar surface area (TPSA) is 49.4 Å². The van der Waals surface area contributed by atoms with E-state index >= 15 is 0 Å². The van der Waals surface area contributed by atoms with Crippen molar-refractivity contribution in [3.63, 3.8) is 0 Å². The van der Waals surface area contributed by atoms with Crippen LogP contribution in [0.3, 0.4) is 0 Å². The maximum atomic E-state index is 12.3. The molecule has 2 aromatic carbocycles. The Morgan fingerprint density at radius 2 is 1.77 bits per heavy atom. The fraction of sp³-hybridized carbons (Fsp3) is 0.481. The van der Waals surface area contributed by atoms with E-state index in [1.165, 1.54) is 5.56 Å². The fourth-order valence-corrected chi connectivity index (χ4v) is 4.23. The van der Waals surface area contributed by atoms with Crippen molar-refractivity contribution >= 4 is 17.4 Å². The fourth-order valence-electron chi connectivity index (χ4n) is 4.23. The number of ketones is 1. The van der Waals surface area contributed by atoms with Gasteiger partial charge in [0.15, 0.2) is 5.78 Å². The predicted molar refractivity (Wildman–Crippen MR) is 128 cm³/mol. The summed E-state index contributed by atoms with van der Waals surface area (Å²) >= 11 is 0. The van der Waals surface area contributed by atoms with Crippen LogP contribution >= 0.6 is 0 Å². The quantitative estimate of drug-likeness (QED) is 0.411. The van der Waals surface area contributed by atoms with E-state index in [0.29, 0.717) is 12.3 Å². The first-order valence-corrected chi connectivity index (χ1v) is 11.7. The molecule has 0 atom stereocenters. The number of hydrogen-bond donors (Lipinski definition) is 1. The lowest BCUT2D eigenvalue weighted by Gasteiger charge is -2.32. The molecule has 1 aliphatic heterocycles. The van der Waals surface area contributed by atoms with E-state index in [0.717, 1.165) is 62.1 Å². The first kappa shape index (κ1) is 23.2. The van der Waals surface area contributed by atoms with Crippen molar-refractivity contribution in [1.29, 1.82) is 0 Å². The number of anilines is 1. The molecule has 2 aromatic rings. The third kappa shape index (κ3) is 7.03. The summed E-state index contributed by atoms with van der Waals surface area (Å²) in [4.78, 5) is 26.8. The molecule has 1 amide bonds. The van der Waals surface area contributed by atoms with Crippen LogP contribution in [-0.2, 0) is 4.79 Å². The smallest absolute Gasteiger partial charge is 0.226 e. The summed E-state index contributed by atoms with van der Waals surface area (Å²) in [5.41, 5.74) is 4.20. The first-order valence-electron chi connectivity index (χ1n) is 11.7. The second-order valence-electron chi connectivity index (χ2n) is 9.14. The van der Waals surface area contributed by atoms with E-state index in [9.17, 15) is 9.59 Å². The largest absolute Gasteiger partial charge is 0.326 e. The van der Waals surface area contributed by atoms with E-state index in [4.69, 9.17) is 0 Å². The number of aryl methyl sites for hydroxylation is 1. The molecule has 0 bridgehead atoms. The van der Waals surface area contributed by atoms with Crippen LogP contribution in [0.25, 0.3) is 0 Å². The molecule has 0 radical (unpaired) electrons. The summed E-state index contributed by atoms with van der Waals surface area (Å²) in [6.07, 6.45) is 4.94. The highest BCUT2D eigenvalue weighted by Crippen LogP contribution is 2.29. The van der Waals surface area contributed by atoms with Crippen molar-refractivity contribution in [2.45, 2.75) is 58.8 Å². The van der Waals surface area contributed by atoms with Crippen LogP contribution in [0.5, 0.6) is 0 Å². The highest BCUT2D eigenvalue weighted by molar-refractivity contribution is 5.96. The van der Waals surface area contributed by atoms with Crippen molar-refractivity contribution in [3.8, 4) is 0 Å². The minimum Gasteiger partial charge on any atom is -0.326 e. The molecule has 1 heterocycles. The average Bonchev–Trinajstić information content (AvgIpc) is 2.77. The van der Waals surface area contributed by atoms with Gasteiger partial charge in [-0.05, 0) is 81.9 Å². The molecule has 0 aliphatic carbocycles. The zero-order valence-corrected chi connectivity index (χ0v) is 19.2. The van der Waals surface area contributed by atoms with Crippen molar-refractivity contribution in [3.05, 3.63) is 65.2 Å². The van der Waals surface area contributed by atoms with Crippen molar-refractivity contribution < 1.29 is 9.59 Å². The number of likely N-dealkylation sites (tertiary alicyclic amines) is 1. The molecular formula is C27H36N2O2. The van der Waals surface area contributed by atoms with E-state index < -0.39 is 0 Å². The number of piperidine rings is 1. The second-order valence-corrected chi connectivity index (χ2v) is 9.14. The zero-order chi connectivity index (χ0) is 22.2. The normalized spacial score (nSPS) is 15.2. The molecule has 166 valence electrons. The van der Waals surface area contributed by atoms with Gasteiger partial charge in [0.05, 0.1) is 0 Å². The molecule has 1 aliphatic rings. The number of Topliss-reactive ketones (excluding diaryl/α,β-unsaturated/α-hetero) is 1. The zero-order valence-electron chi connectivity index (χ0n) is 19.2. The van der Waals surface area contributed by atoms with Gasteiger partial charge in [0, 0.05) is 23.6 Å². The molecule has 1 N–H and O–H groups in total. The Hall–Kier alpha value is -2.46. The Labute approximate surface area is 187 Å². The van der Waals surface area contributed by atoms with Crippen LogP contribution in [0.1, 0.15) is 73.4 Å². The number of hydrogen-bond acceptors (Lipinski definition) is 3. The monoisotopic (exact) mass is 420 g/mol. The maximum absolute atomic E-state index is 12.3. The van der Waals surface area contributed by atoms with E-state index in [2.05, 4.69) is 22.3 Å². The van der Waals surface area contributed by atoms with Crippen LogP contribution in [0.2, 0.25) is 0 Å². The number of nitrogens with zero attached hydrogens (tertiary/aromatic N) is 1. The van der Waals surface area contributed by atoms with Gasteiger partial charge < -0.3 is 10.2 Å². The minimum absolute atomic E-state index is 0.0148. The Bertz CT molecular complexity index is 882. The number of benzene rings is 2. The molecule has 4 heteroatoms. The van der Waals surface area contributed by atoms with Crippen LogP contribution in [-0.4, -0.2) is 36.2 Å². The number of nitrogens with one attached hydrogen (secondary N) is 1. The molecule has 1 saturated heterocycles. The number of carbonyl (C=O) groups is 2. The minimum atomic E-state index is -0.0148. The Morgan fingerprint density at radius 3 is 2.48 bits per heavy atom. The van der Waals surface area contributed by atoms with Gasteiger partial charge >= 0.3 is 0 Å². The molecule has 1 fully saturated rings. The average molecular weight is 421 g/mol. The molecule has 0 aromatic heterocycles. The van der Waals surface area contributed by atoms with Gasteiger partial charge in [-0.25, -0.2) is 0 Å². The van der Waals surface area contributed by atoms with E-state index in [1.807, 2.05) is 57.2 Å². The molecule has 4 nitrogen and oxygen atoms in total. The maximum Gasteiger partial charge on any atom is 0.226 e. The van der Waals surface area contributed by atoms with Gasteiger partial charge in [-0.2, -0.15) is 0 Å². The summed E-state index contributed by atoms with van der Waals surface area (Å²) in [6.45, 7) is 9.11. The van der Waals surface area contributed by atoms with Crippen molar-refractivity contribution in [2.75, 3.05) is 25.0 Å². The molecule has 0 saturated carbocycles. The lowest BCUT2D eigenvalue weighted by molar-refractivity contribution is -0.118. The van der Waals surface area contributed by atoms with Gasteiger partial charge in [-0.1, -0.05) is 49.7 Å². The molecule has 0 spiro atoms. The summed E-state index contributed by atoms with van der Waals surface area (Å²) in [6, 6.07) is 16.2. The SMILES string of the molecule is Cc1cccc(C(=O)CCCCN2CCC(c3cccc(NC(=O)C(C)C)c3)CC2)c1. The third-order valence-corrected chi connectivity index (χ3v) is 6.21. The summed E-state index contributed by atoms with van der Waals surface area (Å²) in [7, 11) is 0. The molecule has 31 heavy (non-hydrogen) atoms. The number of carbonyl (C=O) groups excluding carboxylic acids is 2. The third-order valence-electron chi connectivity index (χ3n) is 6.21. The first-order chi connectivity index (χ1) is 14.9. The second kappa shape index (κ2) is 11.2. The van der Waals surface area contributed by atoms with Crippen LogP contribution in [0.4, 0.5) is 5.69 Å². The molecular weight excluding hydrogens is 384 g/mol. The van der Waals surface area contributed by atoms with Gasteiger partial charge in [-0.3, -0.25) is 9.59 Å². The summed E-state index contributed by atoms with van der Waals surface area (Å²) in [5.74, 6) is 0.855. The highest BCUT2D eigenvalue weighted by atomic mass is 16.1. The standard InChI is InChI=1S/C27H36N2O2/c1-20(2)27(31)28-25-11-7-9-23(19-25)22-13-16-29(17-14-22)15-5-4-12-26(30)24-10-6-8-21(3)18-24/h6-11,18-20,22H,4-5,12-17H2,1-3H3,(H,28,31). The number of amides is 1. The van der Waals surface area contributed by atoms with E-state index in [1.54, 1.807) is 0 Å². The predicted octanol–water partition coefficient (Wildman–Crippen LogP) is 5.82. The highest BCUT2D eigenvalue weighted by Gasteiger charge is 2.21. The van der Waals surface area contributed by atoms with E-state index in [-0.39, 0.29) is 17.6 Å². The van der Waals surface area contributed by atoms with Crippen LogP contribution < -0.4 is 5.32 Å². The van der Waals surface area contributed by atoms with Gasteiger partial charge in [0.1, 0.15) is 0 Å².